The number of pyridine rings is 1. The molecule has 0 radical (unpaired) electrons. The van der Waals surface area contributed by atoms with Gasteiger partial charge in [-0.25, -0.2) is 4.98 Å². The topological polar surface area (TPSA) is 35.6 Å². The summed E-state index contributed by atoms with van der Waals surface area (Å²) < 4.78 is 4.71. The van der Waals surface area contributed by atoms with Gasteiger partial charge < -0.3 is 4.57 Å². The molecule has 4 nitrogen and oxygen atoms in total. The molecule has 48 heavy (non-hydrogen) atoms. The van der Waals surface area contributed by atoms with Crippen LogP contribution in [0, 0.1) is 0 Å². The number of nitrogens with zero attached hydrogens (tertiary/aromatic N) is 4. The molecular weight excluding hydrogens is 585 g/mol. The molecule has 10 rings (SSSR count). The van der Waals surface area contributed by atoms with Gasteiger partial charge in [-0.1, -0.05) is 127 Å². The van der Waals surface area contributed by atoms with Crippen molar-refractivity contribution < 1.29 is 0 Å². The molecular formula is C44H28N4. The van der Waals surface area contributed by atoms with Crippen LogP contribution < -0.4 is 0 Å². The lowest BCUT2D eigenvalue weighted by Gasteiger charge is -2.15. The second-order valence-electron chi connectivity index (χ2n) is 12.2. The standard InChI is InChI=1S/C44H28N4/c1-3-13-29(14-4-1)44-46-41-37-21-9-7-19-34(37)35-20-8-10-22-38(35)43(41)48(44)32-18-11-15-30(27-32)33-23-12-24-39-36-25-26-45-28-40(36)47(42(33)39)31-16-5-2-6-17-31/h1-28H. The fourth-order valence-electron chi connectivity index (χ4n) is 7.54. The summed E-state index contributed by atoms with van der Waals surface area (Å²) in [5.41, 5.74) is 9.93. The van der Waals surface area contributed by atoms with E-state index in [-0.39, 0.29) is 0 Å². The van der Waals surface area contributed by atoms with Crippen LogP contribution in [0.1, 0.15) is 0 Å². The van der Waals surface area contributed by atoms with E-state index in [0.717, 1.165) is 55.8 Å². The van der Waals surface area contributed by atoms with E-state index < -0.39 is 0 Å². The third-order valence-corrected chi connectivity index (χ3v) is 9.58. The first kappa shape index (κ1) is 26.7. The number of benzene rings is 7. The number of hydrogen-bond acceptors (Lipinski definition) is 2. The molecule has 0 amide bonds. The fourth-order valence-corrected chi connectivity index (χ4v) is 7.54. The Morgan fingerprint density at radius 2 is 1.02 bits per heavy atom. The highest BCUT2D eigenvalue weighted by molar-refractivity contribution is 6.24. The van der Waals surface area contributed by atoms with Crippen LogP contribution in [0.4, 0.5) is 0 Å². The van der Waals surface area contributed by atoms with Gasteiger partial charge in [0, 0.05) is 50.2 Å². The first-order valence-corrected chi connectivity index (χ1v) is 16.3. The average molecular weight is 613 g/mol. The third kappa shape index (κ3) is 3.90. The van der Waals surface area contributed by atoms with Crippen LogP contribution in [0.5, 0.6) is 0 Å². The van der Waals surface area contributed by atoms with E-state index in [1.54, 1.807) is 0 Å². The maximum absolute atomic E-state index is 5.42. The number of rotatable bonds is 4. The van der Waals surface area contributed by atoms with Gasteiger partial charge in [-0.15, -0.1) is 0 Å². The highest BCUT2D eigenvalue weighted by Gasteiger charge is 2.21. The second kappa shape index (κ2) is 10.5. The van der Waals surface area contributed by atoms with Gasteiger partial charge in [0.2, 0.25) is 0 Å². The van der Waals surface area contributed by atoms with E-state index in [9.17, 15) is 0 Å². The van der Waals surface area contributed by atoms with Gasteiger partial charge in [0.1, 0.15) is 5.82 Å². The van der Waals surface area contributed by atoms with E-state index >= 15 is 0 Å². The summed E-state index contributed by atoms with van der Waals surface area (Å²) in [6, 6.07) is 56.1. The average Bonchev–Trinajstić information content (AvgIpc) is 3.73. The second-order valence-corrected chi connectivity index (χ2v) is 12.2. The van der Waals surface area contributed by atoms with Gasteiger partial charge in [-0.05, 0) is 46.7 Å². The first-order chi connectivity index (χ1) is 23.8. The minimum atomic E-state index is 0.923. The molecule has 3 aromatic heterocycles. The smallest absolute Gasteiger partial charge is 0.145 e. The van der Waals surface area contributed by atoms with E-state index in [4.69, 9.17) is 4.98 Å². The zero-order chi connectivity index (χ0) is 31.6. The van der Waals surface area contributed by atoms with Crippen molar-refractivity contribution in [1.29, 1.82) is 0 Å². The van der Waals surface area contributed by atoms with E-state index in [2.05, 4.69) is 172 Å². The van der Waals surface area contributed by atoms with E-state index in [0.29, 0.717) is 0 Å². The van der Waals surface area contributed by atoms with Crippen molar-refractivity contribution in [2.24, 2.45) is 0 Å². The first-order valence-electron chi connectivity index (χ1n) is 16.3. The van der Waals surface area contributed by atoms with E-state index in [1.165, 1.54) is 32.4 Å². The van der Waals surface area contributed by atoms with Crippen LogP contribution in [0.3, 0.4) is 0 Å². The van der Waals surface area contributed by atoms with Crippen molar-refractivity contribution in [2.75, 3.05) is 0 Å². The molecule has 0 atom stereocenters. The predicted molar refractivity (Wildman–Crippen MR) is 199 cm³/mol. The summed E-state index contributed by atoms with van der Waals surface area (Å²) in [5.74, 6) is 0.923. The Bertz CT molecular complexity index is 2830. The normalized spacial score (nSPS) is 11.8. The summed E-state index contributed by atoms with van der Waals surface area (Å²) in [6.07, 6.45) is 3.86. The third-order valence-electron chi connectivity index (χ3n) is 9.58. The molecule has 0 fully saturated rings. The maximum Gasteiger partial charge on any atom is 0.145 e. The van der Waals surface area contributed by atoms with Gasteiger partial charge in [-0.2, -0.15) is 0 Å². The molecule has 0 bridgehead atoms. The molecule has 4 heteroatoms. The van der Waals surface area contributed by atoms with Crippen LogP contribution in [-0.4, -0.2) is 19.1 Å². The van der Waals surface area contributed by atoms with Crippen molar-refractivity contribution in [1.82, 2.24) is 19.1 Å². The number of fused-ring (bicyclic) bond motifs is 9. The summed E-state index contributed by atoms with van der Waals surface area (Å²) in [6.45, 7) is 0. The van der Waals surface area contributed by atoms with Crippen LogP contribution in [0.2, 0.25) is 0 Å². The Morgan fingerprint density at radius 1 is 0.417 bits per heavy atom. The van der Waals surface area contributed by atoms with Crippen molar-refractivity contribution >= 4 is 54.4 Å². The Labute approximate surface area is 276 Å². The Morgan fingerprint density at radius 3 is 1.83 bits per heavy atom. The molecule has 10 aromatic rings. The molecule has 0 unspecified atom stereocenters. The highest BCUT2D eigenvalue weighted by atomic mass is 15.1. The lowest BCUT2D eigenvalue weighted by Crippen LogP contribution is -1.99. The van der Waals surface area contributed by atoms with Gasteiger partial charge >= 0.3 is 0 Å². The molecule has 0 saturated heterocycles. The quantitative estimate of drug-likeness (QED) is 0.185. The number of hydrogen-bond donors (Lipinski definition) is 0. The summed E-state index contributed by atoms with van der Waals surface area (Å²) in [5, 5.41) is 7.17. The molecule has 224 valence electrons. The number of aromatic nitrogens is 4. The Balaban J connectivity index is 1.30. The predicted octanol–water partition coefficient (Wildman–Crippen LogP) is 11.2. The lowest BCUT2D eigenvalue weighted by molar-refractivity contribution is 1.11. The van der Waals surface area contributed by atoms with Crippen LogP contribution in [0.25, 0.3) is 88.3 Å². The van der Waals surface area contributed by atoms with Crippen molar-refractivity contribution in [3.8, 4) is 33.9 Å². The number of para-hydroxylation sites is 2. The zero-order valence-electron chi connectivity index (χ0n) is 26.0. The SMILES string of the molecule is c1ccc(-c2nc3c4ccccc4c4ccccc4c3n2-c2cccc(-c3cccc4c5ccncc5n(-c5ccccc5)c34)c2)cc1. The number of imidazole rings is 1. The maximum atomic E-state index is 5.42. The molecule has 0 aliphatic rings. The largest absolute Gasteiger partial charge is 0.307 e. The Kier molecular flexibility index (Phi) is 5.84. The van der Waals surface area contributed by atoms with Gasteiger partial charge in [-0.3, -0.25) is 9.55 Å². The van der Waals surface area contributed by atoms with Crippen molar-refractivity contribution in [3.63, 3.8) is 0 Å². The van der Waals surface area contributed by atoms with Gasteiger partial charge in [0.15, 0.2) is 0 Å². The molecule has 7 aromatic carbocycles. The van der Waals surface area contributed by atoms with Crippen molar-refractivity contribution in [2.45, 2.75) is 0 Å². The van der Waals surface area contributed by atoms with E-state index in [1.807, 2.05) is 12.4 Å². The van der Waals surface area contributed by atoms with Crippen LogP contribution in [-0.2, 0) is 0 Å². The molecule has 0 aliphatic carbocycles. The molecule has 0 aliphatic heterocycles. The summed E-state index contributed by atoms with van der Waals surface area (Å²) in [7, 11) is 0. The van der Waals surface area contributed by atoms with Gasteiger partial charge in [0.05, 0.1) is 28.3 Å². The minimum absolute atomic E-state index is 0.923. The highest BCUT2D eigenvalue weighted by Crippen LogP contribution is 2.41. The molecule has 3 heterocycles. The lowest BCUT2D eigenvalue weighted by atomic mass is 9.99. The fraction of sp³-hybridized carbons (Fsp3) is 0. The molecule has 0 saturated carbocycles. The summed E-state index contributed by atoms with van der Waals surface area (Å²) in [4.78, 5) is 9.95. The van der Waals surface area contributed by atoms with Crippen LogP contribution >= 0.6 is 0 Å². The molecule has 0 spiro atoms. The zero-order valence-corrected chi connectivity index (χ0v) is 26.0. The monoisotopic (exact) mass is 612 g/mol. The summed E-state index contributed by atoms with van der Waals surface area (Å²) >= 11 is 0. The van der Waals surface area contributed by atoms with Crippen molar-refractivity contribution in [3.05, 3.63) is 170 Å². The van der Waals surface area contributed by atoms with Gasteiger partial charge in [0.25, 0.3) is 0 Å². The Hall–Kier alpha value is -6.52. The minimum Gasteiger partial charge on any atom is -0.307 e. The van der Waals surface area contributed by atoms with Crippen LogP contribution in [0.15, 0.2) is 170 Å². The molecule has 0 N–H and O–H groups in total.